The quantitative estimate of drug-likeness (QED) is 0.797. The van der Waals surface area contributed by atoms with Crippen LogP contribution in [0.2, 0.25) is 0 Å². The standard InChI is InChI=1S/C15H19FN2O3/c16-11-2-1-3-12(19)10(11)9-17-14(20)18-13-8-15(13)4-6-21-7-5-15/h1-3,13,19H,4-9H2,(H2,17,18,20). The summed E-state index contributed by atoms with van der Waals surface area (Å²) in [5.41, 5.74) is 0.305. The van der Waals surface area contributed by atoms with Gasteiger partial charge in [0.1, 0.15) is 11.6 Å². The van der Waals surface area contributed by atoms with E-state index in [1.807, 2.05) is 0 Å². The Kier molecular flexibility index (Phi) is 3.71. The van der Waals surface area contributed by atoms with Gasteiger partial charge in [-0.25, -0.2) is 9.18 Å². The Morgan fingerprint density at radius 1 is 1.43 bits per heavy atom. The smallest absolute Gasteiger partial charge is 0.315 e. The van der Waals surface area contributed by atoms with E-state index in [4.69, 9.17) is 4.74 Å². The first-order chi connectivity index (χ1) is 10.1. The minimum atomic E-state index is -0.525. The summed E-state index contributed by atoms with van der Waals surface area (Å²) in [7, 11) is 0. The zero-order chi connectivity index (χ0) is 14.9. The number of carbonyl (C=O) groups excluding carboxylic acids is 1. The second-order valence-corrected chi connectivity index (χ2v) is 5.80. The Bertz CT molecular complexity index is 523. The van der Waals surface area contributed by atoms with Gasteiger partial charge in [-0.2, -0.15) is 0 Å². The number of urea groups is 1. The molecule has 1 spiro atoms. The highest BCUT2D eigenvalue weighted by Gasteiger charge is 2.55. The first kappa shape index (κ1) is 14.1. The van der Waals surface area contributed by atoms with Crippen LogP contribution in [0.3, 0.4) is 0 Å². The molecule has 1 heterocycles. The lowest BCUT2D eigenvalue weighted by Crippen LogP contribution is -2.39. The molecule has 0 aromatic heterocycles. The van der Waals surface area contributed by atoms with Gasteiger partial charge in [0, 0.05) is 24.8 Å². The van der Waals surface area contributed by atoms with Crippen LogP contribution in [0, 0.1) is 11.2 Å². The van der Waals surface area contributed by atoms with E-state index in [0.29, 0.717) is 0 Å². The zero-order valence-electron chi connectivity index (χ0n) is 11.7. The number of phenolic OH excluding ortho intramolecular Hbond substituents is 1. The summed E-state index contributed by atoms with van der Waals surface area (Å²) in [6.07, 6.45) is 2.94. The molecule has 5 nitrogen and oxygen atoms in total. The lowest BCUT2D eigenvalue weighted by atomic mass is 9.96. The monoisotopic (exact) mass is 294 g/mol. The second kappa shape index (κ2) is 5.52. The molecule has 2 fully saturated rings. The normalized spacial score (nSPS) is 22.8. The summed E-state index contributed by atoms with van der Waals surface area (Å²) < 4.78 is 18.8. The van der Waals surface area contributed by atoms with Crippen molar-refractivity contribution in [2.75, 3.05) is 13.2 Å². The van der Waals surface area contributed by atoms with Crippen LogP contribution in [0.4, 0.5) is 9.18 Å². The molecule has 1 aliphatic carbocycles. The van der Waals surface area contributed by atoms with Crippen LogP contribution in [-0.4, -0.2) is 30.4 Å². The molecule has 114 valence electrons. The Morgan fingerprint density at radius 2 is 2.19 bits per heavy atom. The fourth-order valence-corrected chi connectivity index (χ4v) is 2.98. The predicted octanol–water partition coefficient (Wildman–Crippen LogP) is 1.90. The summed E-state index contributed by atoms with van der Waals surface area (Å²) >= 11 is 0. The SMILES string of the molecule is O=C(NCc1c(O)cccc1F)NC1CC12CCOCC2. The summed E-state index contributed by atoms with van der Waals surface area (Å²) in [6.45, 7) is 1.47. The van der Waals surface area contributed by atoms with Crippen molar-refractivity contribution in [1.82, 2.24) is 10.6 Å². The lowest BCUT2D eigenvalue weighted by Gasteiger charge is -2.23. The van der Waals surface area contributed by atoms with E-state index < -0.39 is 5.82 Å². The number of benzene rings is 1. The maximum Gasteiger partial charge on any atom is 0.315 e. The minimum absolute atomic E-state index is 0.0346. The van der Waals surface area contributed by atoms with Gasteiger partial charge in [-0.3, -0.25) is 0 Å². The maximum atomic E-state index is 13.5. The number of hydrogen-bond acceptors (Lipinski definition) is 3. The van der Waals surface area contributed by atoms with Crippen molar-refractivity contribution >= 4 is 6.03 Å². The number of carbonyl (C=O) groups is 1. The van der Waals surface area contributed by atoms with Crippen LogP contribution in [0.15, 0.2) is 18.2 Å². The molecular weight excluding hydrogens is 275 g/mol. The van der Waals surface area contributed by atoms with Crippen molar-refractivity contribution in [3.05, 3.63) is 29.6 Å². The Labute approximate surface area is 122 Å². The van der Waals surface area contributed by atoms with Gasteiger partial charge in [0.25, 0.3) is 0 Å². The van der Waals surface area contributed by atoms with Crippen LogP contribution in [-0.2, 0) is 11.3 Å². The third kappa shape index (κ3) is 2.95. The van der Waals surface area contributed by atoms with Crippen LogP contribution >= 0.6 is 0 Å². The van der Waals surface area contributed by atoms with Gasteiger partial charge in [0.05, 0.1) is 6.54 Å². The topological polar surface area (TPSA) is 70.6 Å². The Hall–Kier alpha value is -1.82. The second-order valence-electron chi connectivity index (χ2n) is 5.80. The third-order valence-corrected chi connectivity index (χ3v) is 4.50. The largest absolute Gasteiger partial charge is 0.507 e. The molecule has 2 aliphatic rings. The number of amides is 2. The lowest BCUT2D eigenvalue weighted by molar-refractivity contribution is 0.0547. The fourth-order valence-electron chi connectivity index (χ4n) is 2.98. The molecule has 1 saturated heterocycles. The van der Waals surface area contributed by atoms with Crippen LogP contribution in [0.25, 0.3) is 0 Å². The molecule has 3 N–H and O–H groups in total. The molecule has 1 aromatic rings. The van der Waals surface area contributed by atoms with Gasteiger partial charge in [-0.05, 0) is 36.8 Å². The highest BCUT2D eigenvalue weighted by atomic mass is 19.1. The number of nitrogens with one attached hydrogen (secondary N) is 2. The van der Waals surface area contributed by atoms with Crippen molar-refractivity contribution in [3.8, 4) is 5.75 Å². The van der Waals surface area contributed by atoms with Crippen LogP contribution in [0.5, 0.6) is 5.75 Å². The average Bonchev–Trinajstić information content (AvgIpc) is 3.10. The van der Waals surface area contributed by atoms with E-state index >= 15 is 0 Å². The van der Waals surface area contributed by atoms with Gasteiger partial charge in [0.2, 0.25) is 0 Å². The van der Waals surface area contributed by atoms with Crippen LogP contribution in [0.1, 0.15) is 24.8 Å². The average molecular weight is 294 g/mol. The van der Waals surface area contributed by atoms with Crippen molar-refractivity contribution in [3.63, 3.8) is 0 Å². The van der Waals surface area contributed by atoms with Gasteiger partial charge in [0.15, 0.2) is 0 Å². The highest BCUT2D eigenvalue weighted by molar-refractivity contribution is 5.75. The van der Waals surface area contributed by atoms with E-state index in [2.05, 4.69) is 10.6 Å². The molecule has 1 unspecified atom stereocenters. The maximum absolute atomic E-state index is 13.5. The molecule has 1 aliphatic heterocycles. The van der Waals surface area contributed by atoms with Gasteiger partial charge in [-0.15, -0.1) is 0 Å². The number of hydrogen-bond donors (Lipinski definition) is 3. The van der Waals surface area contributed by atoms with E-state index in [9.17, 15) is 14.3 Å². The van der Waals surface area contributed by atoms with Crippen molar-refractivity contribution in [2.24, 2.45) is 5.41 Å². The molecule has 21 heavy (non-hydrogen) atoms. The van der Waals surface area contributed by atoms with E-state index in [0.717, 1.165) is 32.5 Å². The summed E-state index contributed by atoms with van der Waals surface area (Å²) in [6, 6.07) is 3.93. The van der Waals surface area contributed by atoms with E-state index in [1.54, 1.807) is 0 Å². The first-order valence-corrected chi connectivity index (χ1v) is 7.19. The number of halogens is 1. The number of rotatable bonds is 3. The Balaban J connectivity index is 1.49. The summed E-state index contributed by atoms with van der Waals surface area (Å²) in [5.74, 6) is -0.676. The number of aromatic hydroxyl groups is 1. The minimum Gasteiger partial charge on any atom is -0.507 e. The molecule has 2 amide bonds. The van der Waals surface area contributed by atoms with Gasteiger partial charge in [-0.1, -0.05) is 6.07 Å². The van der Waals surface area contributed by atoms with Crippen molar-refractivity contribution in [2.45, 2.75) is 31.8 Å². The highest BCUT2D eigenvalue weighted by Crippen LogP contribution is 2.53. The molecule has 1 saturated carbocycles. The predicted molar refractivity (Wildman–Crippen MR) is 74.3 cm³/mol. The fraction of sp³-hybridized carbons (Fsp3) is 0.533. The van der Waals surface area contributed by atoms with E-state index in [1.165, 1.54) is 18.2 Å². The van der Waals surface area contributed by atoms with E-state index in [-0.39, 0.29) is 35.3 Å². The molecular formula is C15H19FN2O3. The summed E-state index contributed by atoms with van der Waals surface area (Å²) in [4.78, 5) is 11.9. The molecule has 1 aromatic carbocycles. The molecule has 1 atom stereocenters. The van der Waals surface area contributed by atoms with Crippen LogP contribution < -0.4 is 10.6 Å². The first-order valence-electron chi connectivity index (χ1n) is 7.19. The zero-order valence-corrected chi connectivity index (χ0v) is 11.7. The molecule has 0 bridgehead atoms. The number of phenols is 1. The third-order valence-electron chi connectivity index (χ3n) is 4.50. The van der Waals surface area contributed by atoms with Gasteiger partial charge >= 0.3 is 6.03 Å². The van der Waals surface area contributed by atoms with Crippen molar-refractivity contribution in [1.29, 1.82) is 0 Å². The molecule has 3 rings (SSSR count). The number of ether oxygens (including phenoxy) is 1. The van der Waals surface area contributed by atoms with Crippen molar-refractivity contribution < 1.29 is 19.0 Å². The van der Waals surface area contributed by atoms with Gasteiger partial charge < -0.3 is 20.5 Å². The summed E-state index contributed by atoms with van der Waals surface area (Å²) in [5, 5.41) is 15.1. The molecule has 6 heteroatoms. The Morgan fingerprint density at radius 3 is 2.90 bits per heavy atom. The molecule has 0 radical (unpaired) electrons.